The zero-order chi connectivity index (χ0) is 9.53. The summed E-state index contributed by atoms with van der Waals surface area (Å²) < 4.78 is 0. The zero-order valence-electron chi connectivity index (χ0n) is 9.02. The second kappa shape index (κ2) is 3.16. The van der Waals surface area contributed by atoms with Crippen LogP contribution in [0.5, 0.6) is 0 Å². The van der Waals surface area contributed by atoms with Crippen LogP contribution >= 0.6 is 11.8 Å². The molecule has 1 heterocycles. The van der Waals surface area contributed by atoms with Gasteiger partial charge in [0.2, 0.25) is 0 Å². The van der Waals surface area contributed by atoms with Gasteiger partial charge in [-0.15, -0.1) is 0 Å². The van der Waals surface area contributed by atoms with E-state index in [2.05, 4.69) is 37.8 Å². The molecule has 1 saturated carbocycles. The summed E-state index contributed by atoms with van der Waals surface area (Å²) in [6.07, 6.45) is 2.97. The van der Waals surface area contributed by atoms with E-state index in [4.69, 9.17) is 0 Å². The van der Waals surface area contributed by atoms with Gasteiger partial charge in [-0.2, -0.15) is 11.8 Å². The molecule has 0 bridgehead atoms. The van der Waals surface area contributed by atoms with E-state index in [9.17, 15) is 0 Å². The second-order valence-corrected chi connectivity index (χ2v) is 6.80. The number of hydrogen-bond acceptors (Lipinski definition) is 2. The van der Waals surface area contributed by atoms with Gasteiger partial charge < -0.3 is 5.32 Å². The minimum atomic E-state index is 0.301. The van der Waals surface area contributed by atoms with Gasteiger partial charge in [-0.25, -0.2) is 0 Å². The summed E-state index contributed by atoms with van der Waals surface area (Å²) in [5, 5.41) is 3.63. The first-order chi connectivity index (χ1) is 6.02. The highest BCUT2D eigenvalue weighted by atomic mass is 32.2. The van der Waals surface area contributed by atoms with Gasteiger partial charge in [-0.3, -0.25) is 0 Å². The minimum Gasteiger partial charge on any atom is -0.312 e. The largest absolute Gasteiger partial charge is 0.312 e. The van der Waals surface area contributed by atoms with Crippen LogP contribution in [0.4, 0.5) is 0 Å². The summed E-state index contributed by atoms with van der Waals surface area (Å²) in [7, 11) is 0. The molecule has 2 fully saturated rings. The quantitative estimate of drug-likeness (QED) is 0.733. The van der Waals surface area contributed by atoms with E-state index in [0.29, 0.717) is 5.54 Å². The summed E-state index contributed by atoms with van der Waals surface area (Å²) in [4.78, 5) is 0. The topological polar surface area (TPSA) is 12.0 Å². The number of nitrogens with one attached hydrogen (secondary N) is 1. The molecular weight excluding hydrogens is 178 g/mol. The lowest BCUT2D eigenvalue weighted by Gasteiger charge is -2.21. The molecule has 1 aliphatic heterocycles. The molecule has 0 aromatic heterocycles. The van der Waals surface area contributed by atoms with Crippen molar-refractivity contribution in [2.75, 3.05) is 18.1 Å². The van der Waals surface area contributed by atoms with Crippen LogP contribution in [0.3, 0.4) is 0 Å². The Balaban J connectivity index is 1.74. The molecule has 0 radical (unpaired) electrons. The van der Waals surface area contributed by atoms with Crippen LogP contribution in [-0.4, -0.2) is 23.6 Å². The van der Waals surface area contributed by atoms with Gasteiger partial charge in [-0.05, 0) is 63.0 Å². The predicted octanol–water partition coefficient (Wildman–Crippen LogP) is 2.52. The molecule has 0 amide bonds. The van der Waals surface area contributed by atoms with Gasteiger partial charge in [0.15, 0.2) is 0 Å². The average Bonchev–Trinajstić information content (AvgIpc) is 2.42. The Kier molecular flexibility index (Phi) is 2.40. The fourth-order valence-electron chi connectivity index (χ4n) is 2.26. The first-order valence-electron chi connectivity index (χ1n) is 5.35. The van der Waals surface area contributed by atoms with Gasteiger partial charge >= 0.3 is 0 Å². The zero-order valence-corrected chi connectivity index (χ0v) is 9.84. The van der Waals surface area contributed by atoms with E-state index in [-0.39, 0.29) is 0 Å². The molecule has 2 unspecified atom stereocenters. The summed E-state index contributed by atoms with van der Waals surface area (Å²) in [6, 6.07) is 0. The van der Waals surface area contributed by atoms with Gasteiger partial charge in [0, 0.05) is 5.54 Å². The van der Waals surface area contributed by atoms with Crippen molar-refractivity contribution in [3.05, 3.63) is 0 Å². The second-order valence-electron chi connectivity index (χ2n) is 5.70. The molecule has 1 N–H and O–H groups in total. The van der Waals surface area contributed by atoms with Crippen molar-refractivity contribution in [2.45, 2.75) is 39.2 Å². The van der Waals surface area contributed by atoms with E-state index < -0.39 is 0 Å². The molecule has 1 saturated heterocycles. The third-order valence-corrected chi connectivity index (χ3v) is 4.64. The lowest BCUT2D eigenvalue weighted by Crippen LogP contribution is -2.37. The maximum atomic E-state index is 3.63. The Bertz CT molecular complexity index is 189. The van der Waals surface area contributed by atoms with Crippen molar-refractivity contribution >= 4 is 11.8 Å². The maximum absolute atomic E-state index is 3.63. The molecule has 2 rings (SSSR count). The van der Waals surface area contributed by atoms with E-state index in [1.807, 2.05) is 0 Å². The Morgan fingerprint density at radius 2 is 2.23 bits per heavy atom. The molecule has 0 aromatic carbocycles. The average molecular weight is 199 g/mol. The predicted molar refractivity (Wildman–Crippen MR) is 60.2 cm³/mol. The minimum absolute atomic E-state index is 0.301. The lowest BCUT2D eigenvalue weighted by atomic mass is 10.0. The van der Waals surface area contributed by atoms with Crippen molar-refractivity contribution in [3.63, 3.8) is 0 Å². The number of hydrogen-bond donors (Lipinski definition) is 1. The smallest absolute Gasteiger partial charge is 0.00966 e. The van der Waals surface area contributed by atoms with Crippen molar-refractivity contribution in [3.8, 4) is 0 Å². The van der Waals surface area contributed by atoms with Crippen LogP contribution in [0, 0.1) is 11.3 Å². The molecule has 13 heavy (non-hydrogen) atoms. The molecule has 2 atom stereocenters. The molecule has 1 aliphatic carbocycles. The number of thioether (sulfide) groups is 1. The van der Waals surface area contributed by atoms with Crippen molar-refractivity contribution in [1.82, 2.24) is 5.32 Å². The van der Waals surface area contributed by atoms with Gasteiger partial charge in [-0.1, -0.05) is 0 Å². The Morgan fingerprint density at radius 3 is 2.77 bits per heavy atom. The van der Waals surface area contributed by atoms with Crippen molar-refractivity contribution in [2.24, 2.45) is 11.3 Å². The van der Waals surface area contributed by atoms with Crippen LogP contribution in [0.15, 0.2) is 0 Å². The Hall–Kier alpha value is 0.310. The van der Waals surface area contributed by atoms with Gasteiger partial charge in [0.1, 0.15) is 0 Å². The maximum Gasteiger partial charge on any atom is 0.00966 e. The van der Waals surface area contributed by atoms with Crippen molar-refractivity contribution < 1.29 is 0 Å². The molecule has 1 spiro atoms. The van der Waals surface area contributed by atoms with Crippen LogP contribution in [0.2, 0.25) is 0 Å². The van der Waals surface area contributed by atoms with Crippen LogP contribution in [0.25, 0.3) is 0 Å². The summed E-state index contributed by atoms with van der Waals surface area (Å²) in [5.74, 6) is 3.83. The third-order valence-electron chi connectivity index (χ3n) is 3.37. The Morgan fingerprint density at radius 1 is 1.46 bits per heavy atom. The molecule has 2 heteroatoms. The fourth-order valence-corrected chi connectivity index (χ4v) is 3.86. The fraction of sp³-hybridized carbons (Fsp3) is 1.00. The first kappa shape index (κ1) is 9.85. The molecule has 0 aromatic rings. The highest BCUT2D eigenvalue weighted by Gasteiger charge is 2.54. The lowest BCUT2D eigenvalue weighted by molar-refractivity contribution is 0.390. The molecule has 2 aliphatic rings. The van der Waals surface area contributed by atoms with E-state index >= 15 is 0 Å². The normalized spacial score (nSPS) is 38.5. The number of rotatable bonds is 2. The SMILES string of the molecule is CC(C)(C)NCC1CC12CCSC2. The standard InChI is InChI=1S/C11H21NS/c1-10(2,3)12-7-9-6-11(9)4-5-13-8-11/h9,12H,4-8H2,1-3H3. The molecular formula is C11H21NS. The van der Waals surface area contributed by atoms with Crippen molar-refractivity contribution in [1.29, 1.82) is 0 Å². The monoisotopic (exact) mass is 199 g/mol. The van der Waals surface area contributed by atoms with E-state index in [1.165, 1.54) is 30.9 Å². The summed E-state index contributed by atoms with van der Waals surface area (Å²) in [6.45, 7) is 8.01. The molecule has 76 valence electrons. The highest BCUT2D eigenvalue weighted by Crippen LogP contribution is 2.60. The van der Waals surface area contributed by atoms with Crippen LogP contribution in [-0.2, 0) is 0 Å². The van der Waals surface area contributed by atoms with E-state index in [0.717, 1.165) is 11.3 Å². The van der Waals surface area contributed by atoms with Crippen LogP contribution in [0.1, 0.15) is 33.6 Å². The van der Waals surface area contributed by atoms with Crippen LogP contribution < -0.4 is 5.32 Å². The molecule has 1 nitrogen and oxygen atoms in total. The van der Waals surface area contributed by atoms with E-state index in [1.54, 1.807) is 0 Å². The summed E-state index contributed by atoms with van der Waals surface area (Å²) >= 11 is 2.15. The highest BCUT2D eigenvalue weighted by molar-refractivity contribution is 7.99. The first-order valence-corrected chi connectivity index (χ1v) is 6.50. The van der Waals surface area contributed by atoms with Gasteiger partial charge in [0.05, 0.1) is 0 Å². The summed E-state index contributed by atoms with van der Waals surface area (Å²) in [5.41, 5.74) is 1.08. The third kappa shape index (κ3) is 2.21. The van der Waals surface area contributed by atoms with Gasteiger partial charge in [0.25, 0.3) is 0 Å². The Labute approximate surface area is 86.0 Å².